The van der Waals surface area contributed by atoms with Crippen molar-refractivity contribution in [3.8, 4) is 0 Å². The van der Waals surface area contributed by atoms with Gasteiger partial charge in [0.25, 0.3) is 9.84 Å². The minimum absolute atomic E-state index is 0.0681. The molecular formula is C16H13F3N2O3S. The van der Waals surface area contributed by atoms with Gasteiger partial charge in [-0.05, 0) is 48.2 Å². The molecule has 0 aliphatic heterocycles. The lowest BCUT2D eigenvalue weighted by Gasteiger charge is -2.09. The highest BCUT2D eigenvalue weighted by atomic mass is 32.2. The summed E-state index contributed by atoms with van der Waals surface area (Å²) in [4.78, 5) is 15.3. The molecule has 0 saturated heterocycles. The number of alkyl halides is 3. The molecule has 0 bridgehead atoms. The Kier molecular flexibility index (Phi) is 4.28. The van der Waals surface area contributed by atoms with Crippen molar-refractivity contribution in [3.63, 3.8) is 0 Å². The SMILES string of the molecule is O=C(Nc1ccc(S(=O)(=O)C(F)(F)F)cc1)[C@@H]1C[C@@H]1c1cccnc1. The molecule has 5 nitrogen and oxygen atoms in total. The zero-order valence-electron chi connectivity index (χ0n) is 12.7. The fraction of sp³-hybridized carbons (Fsp3) is 0.250. The molecule has 1 saturated carbocycles. The number of hydrogen-bond donors (Lipinski definition) is 1. The van der Waals surface area contributed by atoms with E-state index in [0.717, 1.165) is 29.8 Å². The van der Waals surface area contributed by atoms with E-state index in [1.54, 1.807) is 18.5 Å². The van der Waals surface area contributed by atoms with Crippen molar-refractivity contribution in [3.05, 3.63) is 54.4 Å². The van der Waals surface area contributed by atoms with Gasteiger partial charge in [-0.25, -0.2) is 8.42 Å². The van der Waals surface area contributed by atoms with Gasteiger partial charge in [0.2, 0.25) is 5.91 Å². The van der Waals surface area contributed by atoms with Crippen LogP contribution in [0.4, 0.5) is 18.9 Å². The van der Waals surface area contributed by atoms with Crippen LogP contribution in [0.1, 0.15) is 17.9 Å². The summed E-state index contributed by atoms with van der Waals surface area (Å²) in [6.45, 7) is 0. The molecule has 1 aliphatic rings. The number of carbonyl (C=O) groups excluding carboxylic acids is 1. The van der Waals surface area contributed by atoms with Gasteiger partial charge in [-0.3, -0.25) is 9.78 Å². The highest BCUT2D eigenvalue weighted by Crippen LogP contribution is 2.47. The molecule has 1 heterocycles. The Bertz CT molecular complexity index is 881. The van der Waals surface area contributed by atoms with Crippen LogP contribution in [0.2, 0.25) is 0 Å². The van der Waals surface area contributed by atoms with Gasteiger partial charge in [0.15, 0.2) is 0 Å². The van der Waals surface area contributed by atoms with E-state index < -0.39 is 20.2 Å². The van der Waals surface area contributed by atoms with Crippen molar-refractivity contribution in [1.82, 2.24) is 4.98 Å². The predicted molar refractivity (Wildman–Crippen MR) is 83.4 cm³/mol. The molecule has 1 aromatic carbocycles. The predicted octanol–water partition coefficient (Wildman–Crippen LogP) is 3.12. The Morgan fingerprint density at radius 2 is 1.84 bits per heavy atom. The Balaban J connectivity index is 1.66. The first-order valence-electron chi connectivity index (χ1n) is 7.32. The number of halogens is 3. The first-order chi connectivity index (χ1) is 11.7. The van der Waals surface area contributed by atoms with Crippen LogP contribution in [0.25, 0.3) is 0 Å². The summed E-state index contributed by atoms with van der Waals surface area (Å²) in [5.41, 5.74) is -4.17. The average Bonchev–Trinajstić information content (AvgIpc) is 3.36. The first-order valence-corrected chi connectivity index (χ1v) is 8.80. The lowest BCUT2D eigenvalue weighted by Crippen LogP contribution is -2.23. The van der Waals surface area contributed by atoms with Crippen molar-refractivity contribution >= 4 is 21.4 Å². The number of pyridine rings is 1. The zero-order valence-corrected chi connectivity index (χ0v) is 13.5. The summed E-state index contributed by atoms with van der Waals surface area (Å²) in [6.07, 6.45) is 3.99. The second kappa shape index (κ2) is 6.14. The fourth-order valence-electron chi connectivity index (χ4n) is 2.53. The van der Waals surface area contributed by atoms with E-state index in [2.05, 4.69) is 10.3 Å². The highest BCUT2D eigenvalue weighted by molar-refractivity contribution is 7.92. The van der Waals surface area contributed by atoms with Crippen molar-refractivity contribution in [2.75, 3.05) is 5.32 Å². The number of benzene rings is 1. The molecule has 2 aromatic rings. The number of carbonyl (C=O) groups is 1. The second-order valence-corrected chi connectivity index (χ2v) is 7.64. The monoisotopic (exact) mass is 370 g/mol. The quantitative estimate of drug-likeness (QED) is 0.897. The van der Waals surface area contributed by atoms with E-state index in [4.69, 9.17) is 0 Å². The van der Waals surface area contributed by atoms with E-state index in [0.29, 0.717) is 6.42 Å². The number of aromatic nitrogens is 1. The van der Waals surface area contributed by atoms with Crippen LogP contribution in [0.3, 0.4) is 0 Å². The van der Waals surface area contributed by atoms with Crippen LogP contribution < -0.4 is 5.32 Å². The molecule has 9 heteroatoms. The molecule has 25 heavy (non-hydrogen) atoms. The van der Waals surface area contributed by atoms with Gasteiger partial charge in [0, 0.05) is 24.0 Å². The van der Waals surface area contributed by atoms with Crippen LogP contribution in [-0.4, -0.2) is 24.8 Å². The Morgan fingerprint density at radius 3 is 2.40 bits per heavy atom. The highest BCUT2D eigenvalue weighted by Gasteiger charge is 2.47. The Morgan fingerprint density at radius 1 is 1.16 bits per heavy atom. The molecule has 2 atom stereocenters. The Hall–Kier alpha value is -2.42. The van der Waals surface area contributed by atoms with Crippen molar-refractivity contribution in [1.29, 1.82) is 0 Å². The van der Waals surface area contributed by atoms with Gasteiger partial charge in [-0.2, -0.15) is 13.2 Å². The molecule has 0 spiro atoms. The first kappa shape index (κ1) is 17.4. The zero-order chi connectivity index (χ0) is 18.2. The molecule has 1 fully saturated rings. The average molecular weight is 370 g/mol. The lowest BCUT2D eigenvalue weighted by molar-refractivity contribution is -0.117. The maximum atomic E-state index is 12.5. The van der Waals surface area contributed by atoms with E-state index in [-0.39, 0.29) is 23.4 Å². The number of nitrogens with one attached hydrogen (secondary N) is 1. The number of nitrogens with zero attached hydrogens (tertiary/aromatic N) is 1. The molecule has 1 aromatic heterocycles. The van der Waals surface area contributed by atoms with Crippen LogP contribution >= 0.6 is 0 Å². The van der Waals surface area contributed by atoms with E-state index in [9.17, 15) is 26.4 Å². The molecule has 0 unspecified atom stereocenters. The summed E-state index contributed by atoms with van der Waals surface area (Å²) < 4.78 is 60.0. The van der Waals surface area contributed by atoms with Gasteiger partial charge in [0.1, 0.15) is 0 Å². The minimum Gasteiger partial charge on any atom is -0.326 e. The molecular weight excluding hydrogens is 357 g/mol. The van der Waals surface area contributed by atoms with Crippen molar-refractivity contribution < 1.29 is 26.4 Å². The number of anilines is 1. The maximum absolute atomic E-state index is 12.5. The van der Waals surface area contributed by atoms with Crippen molar-refractivity contribution in [2.24, 2.45) is 5.92 Å². The summed E-state index contributed by atoms with van der Waals surface area (Å²) >= 11 is 0. The van der Waals surface area contributed by atoms with Crippen molar-refractivity contribution in [2.45, 2.75) is 22.7 Å². The smallest absolute Gasteiger partial charge is 0.326 e. The van der Waals surface area contributed by atoms with Gasteiger partial charge in [-0.15, -0.1) is 0 Å². The molecule has 132 valence electrons. The molecule has 3 rings (SSSR count). The van der Waals surface area contributed by atoms with Crippen LogP contribution in [0.15, 0.2) is 53.7 Å². The van der Waals surface area contributed by atoms with Crippen LogP contribution in [-0.2, 0) is 14.6 Å². The Labute approximate surface area is 141 Å². The van der Waals surface area contributed by atoms with Crippen LogP contribution in [0, 0.1) is 5.92 Å². The van der Waals surface area contributed by atoms with Gasteiger partial charge < -0.3 is 5.32 Å². The third-order valence-corrected chi connectivity index (χ3v) is 5.48. The number of hydrogen-bond acceptors (Lipinski definition) is 4. The lowest BCUT2D eigenvalue weighted by atomic mass is 10.1. The summed E-state index contributed by atoms with van der Waals surface area (Å²) in [5, 5.41) is 2.59. The minimum atomic E-state index is -5.39. The van der Waals surface area contributed by atoms with Gasteiger partial charge >= 0.3 is 5.51 Å². The second-order valence-electron chi connectivity index (χ2n) is 5.70. The van der Waals surface area contributed by atoms with Gasteiger partial charge in [-0.1, -0.05) is 6.07 Å². The molecule has 1 aliphatic carbocycles. The summed E-state index contributed by atoms with van der Waals surface area (Å²) in [5.74, 6) is -0.429. The number of rotatable bonds is 4. The summed E-state index contributed by atoms with van der Waals surface area (Å²) in [7, 11) is -5.39. The maximum Gasteiger partial charge on any atom is 0.501 e. The standard InChI is InChI=1S/C16H13F3N2O3S/c17-16(18,19)25(23,24)12-5-3-11(4-6-12)21-15(22)14-8-13(14)10-2-1-7-20-9-10/h1-7,9,13-14H,8H2,(H,21,22)/t13-,14-/m1/s1. The van der Waals surface area contributed by atoms with E-state index >= 15 is 0 Å². The number of sulfone groups is 1. The third kappa shape index (κ3) is 3.51. The third-order valence-electron chi connectivity index (χ3n) is 3.98. The molecule has 1 amide bonds. The molecule has 0 radical (unpaired) electrons. The van der Waals surface area contributed by atoms with Crippen LogP contribution in [0.5, 0.6) is 0 Å². The normalized spacial score (nSPS) is 20.1. The van der Waals surface area contributed by atoms with E-state index in [1.807, 2.05) is 6.07 Å². The largest absolute Gasteiger partial charge is 0.501 e. The van der Waals surface area contributed by atoms with Gasteiger partial charge in [0.05, 0.1) is 4.90 Å². The number of amides is 1. The van der Waals surface area contributed by atoms with E-state index in [1.165, 1.54) is 0 Å². The molecule has 1 N–H and O–H groups in total. The summed E-state index contributed by atoms with van der Waals surface area (Å²) in [6, 6.07) is 7.58. The fourth-order valence-corrected chi connectivity index (χ4v) is 3.30. The topological polar surface area (TPSA) is 76.1 Å².